The number of ether oxygens (including phenoxy) is 1. The topological polar surface area (TPSA) is 75.6 Å². The van der Waals surface area contributed by atoms with Crippen molar-refractivity contribution >= 4 is 11.9 Å². The van der Waals surface area contributed by atoms with Gasteiger partial charge in [0, 0.05) is 13.0 Å². The van der Waals surface area contributed by atoms with Gasteiger partial charge in [-0.3, -0.25) is 4.79 Å². The van der Waals surface area contributed by atoms with Crippen LogP contribution in [0, 0.1) is 0 Å². The first-order chi connectivity index (χ1) is 7.60. The van der Waals surface area contributed by atoms with Crippen LogP contribution in [0.1, 0.15) is 25.7 Å². The lowest BCUT2D eigenvalue weighted by Crippen LogP contribution is -2.43. The molecule has 0 aromatic rings. The van der Waals surface area contributed by atoms with E-state index in [9.17, 15) is 9.59 Å². The van der Waals surface area contributed by atoms with Gasteiger partial charge >= 0.3 is 5.97 Å². The molecule has 2 N–H and O–H groups in total. The third-order valence-electron chi connectivity index (χ3n) is 2.47. The Morgan fingerprint density at radius 1 is 1.50 bits per heavy atom. The normalized spacial score (nSPS) is 16.5. The molecule has 1 saturated carbocycles. The molecule has 5 nitrogen and oxygen atoms in total. The van der Waals surface area contributed by atoms with Gasteiger partial charge in [0.05, 0.1) is 6.61 Å². The molecule has 1 rings (SSSR count). The van der Waals surface area contributed by atoms with Gasteiger partial charge in [0.15, 0.2) is 0 Å². The molecule has 0 bridgehead atoms. The highest BCUT2D eigenvalue weighted by molar-refractivity contribution is 5.89. The first-order valence-corrected chi connectivity index (χ1v) is 5.34. The number of aliphatic carboxylic acids is 1. The number of carboxylic acid groups (broad SMARTS) is 1. The fourth-order valence-corrected chi connectivity index (χ4v) is 1.35. The van der Waals surface area contributed by atoms with Gasteiger partial charge in [-0.1, -0.05) is 6.08 Å². The molecule has 0 unspecified atom stereocenters. The lowest BCUT2D eigenvalue weighted by atomic mass is 10.2. The predicted molar refractivity (Wildman–Crippen MR) is 58.0 cm³/mol. The molecular weight excluding hydrogens is 210 g/mol. The summed E-state index contributed by atoms with van der Waals surface area (Å²) in [5.74, 6) is -1.16. The van der Waals surface area contributed by atoms with Crippen LogP contribution in [0.5, 0.6) is 0 Å². The summed E-state index contributed by atoms with van der Waals surface area (Å²) in [5.41, 5.74) is -0.973. The molecule has 1 aliphatic rings. The van der Waals surface area contributed by atoms with E-state index in [1.54, 1.807) is 6.08 Å². The highest BCUT2D eigenvalue weighted by Crippen LogP contribution is 2.35. The number of nitrogens with one attached hydrogen (secondary N) is 1. The van der Waals surface area contributed by atoms with Crippen LogP contribution in [0.3, 0.4) is 0 Å². The summed E-state index contributed by atoms with van der Waals surface area (Å²) < 4.78 is 5.11. The van der Waals surface area contributed by atoms with E-state index in [1.165, 1.54) is 0 Å². The van der Waals surface area contributed by atoms with E-state index in [0.717, 1.165) is 0 Å². The van der Waals surface area contributed by atoms with Crippen LogP contribution in [-0.2, 0) is 14.3 Å². The first-order valence-electron chi connectivity index (χ1n) is 5.34. The standard InChI is InChI=1S/C11H17NO4/c1-2-7-16-8-3-4-9(13)12-11(5-6-11)10(14)15/h2H,1,3-8H2,(H,12,13)(H,14,15). The Balaban J connectivity index is 2.12. The fraction of sp³-hybridized carbons (Fsp3) is 0.636. The molecule has 0 radical (unpaired) electrons. The Hall–Kier alpha value is -1.36. The summed E-state index contributed by atoms with van der Waals surface area (Å²) in [6.07, 6.45) is 3.59. The van der Waals surface area contributed by atoms with E-state index >= 15 is 0 Å². The van der Waals surface area contributed by atoms with Crippen molar-refractivity contribution in [2.24, 2.45) is 0 Å². The maximum atomic E-state index is 11.4. The molecule has 90 valence electrons. The molecule has 5 heteroatoms. The molecule has 0 heterocycles. The van der Waals surface area contributed by atoms with Crippen LogP contribution < -0.4 is 5.32 Å². The smallest absolute Gasteiger partial charge is 0.329 e. The van der Waals surface area contributed by atoms with Crippen molar-refractivity contribution in [1.82, 2.24) is 5.32 Å². The Labute approximate surface area is 94.5 Å². The van der Waals surface area contributed by atoms with Gasteiger partial charge in [-0.05, 0) is 19.3 Å². The fourth-order valence-electron chi connectivity index (χ4n) is 1.35. The van der Waals surface area contributed by atoms with E-state index in [0.29, 0.717) is 38.9 Å². The maximum Gasteiger partial charge on any atom is 0.329 e. The van der Waals surface area contributed by atoms with Crippen LogP contribution in [0.2, 0.25) is 0 Å². The van der Waals surface area contributed by atoms with Crippen LogP contribution in [-0.4, -0.2) is 35.7 Å². The number of carbonyl (C=O) groups is 2. The second kappa shape index (κ2) is 5.65. The van der Waals surface area contributed by atoms with Crippen molar-refractivity contribution < 1.29 is 19.4 Å². The Morgan fingerprint density at radius 3 is 2.69 bits per heavy atom. The molecule has 0 aromatic carbocycles. The van der Waals surface area contributed by atoms with Crippen molar-refractivity contribution in [2.75, 3.05) is 13.2 Å². The SMILES string of the molecule is C=CCOCCCC(=O)NC1(C(=O)O)CC1. The summed E-state index contributed by atoms with van der Waals surface area (Å²) in [5, 5.41) is 11.4. The van der Waals surface area contributed by atoms with Crippen LogP contribution in [0.15, 0.2) is 12.7 Å². The predicted octanol–water partition coefficient (Wildman–Crippen LogP) is 0.703. The van der Waals surface area contributed by atoms with E-state index < -0.39 is 11.5 Å². The van der Waals surface area contributed by atoms with Gasteiger partial charge in [0.25, 0.3) is 0 Å². The van der Waals surface area contributed by atoms with Gasteiger partial charge in [-0.2, -0.15) is 0 Å². The van der Waals surface area contributed by atoms with Crippen molar-refractivity contribution in [3.05, 3.63) is 12.7 Å². The number of rotatable bonds is 8. The van der Waals surface area contributed by atoms with Gasteiger partial charge in [0.1, 0.15) is 5.54 Å². The van der Waals surface area contributed by atoms with Crippen molar-refractivity contribution in [1.29, 1.82) is 0 Å². The molecular formula is C11H17NO4. The van der Waals surface area contributed by atoms with Crippen LogP contribution in [0.25, 0.3) is 0 Å². The van der Waals surface area contributed by atoms with Crippen molar-refractivity contribution in [3.63, 3.8) is 0 Å². The summed E-state index contributed by atoms with van der Waals surface area (Å²) in [6.45, 7) is 4.46. The van der Waals surface area contributed by atoms with Gasteiger partial charge in [-0.15, -0.1) is 6.58 Å². The summed E-state index contributed by atoms with van der Waals surface area (Å²) >= 11 is 0. The van der Waals surface area contributed by atoms with E-state index in [2.05, 4.69) is 11.9 Å². The summed E-state index contributed by atoms with van der Waals surface area (Å²) in [4.78, 5) is 22.2. The van der Waals surface area contributed by atoms with E-state index in [4.69, 9.17) is 9.84 Å². The highest BCUT2D eigenvalue weighted by atomic mass is 16.5. The quantitative estimate of drug-likeness (QED) is 0.473. The lowest BCUT2D eigenvalue weighted by Gasteiger charge is -2.12. The summed E-state index contributed by atoms with van der Waals surface area (Å²) in [6, 6.07) is 0. The third kappa shape index (κ3) is 3.66. The lowest BCUT2D eigenvalue weighted by molar-refractivity contribution is -0.143. The molecule has 0 spiro atoms. The number of hydrogen-bond acceptors (Lipinski definition) is 3. The third-order valence-corrected chi connectivity index (χ3v) is 2.47. The van der Waals surface area contributed by atoms with Gasteiger partial charge in [0.2, 0.25) is 5.91 Å². The number of amides is 1. The van der Waals surface area contributed by atoms with Crippen LogP contribution >= 0.6 is 0 Å². The minimum absolute atomic E-state index is 0.220. The Morgan fingerprint density at radius 2 is 2.19 bits per heavy atom. The Kier molecular flexibility index (Phi) is 4.49. The van der Waals surface area contributed by atoms with Crippen molar-refractivity contribution in [2.45, 2.75) is 31.2 Å². The number of carboxylic acids is 1. The molecule has 0 aliphatic heterocycles. The second-order valence-electron chi connectivity index (χ2n) is 3.90. The molecule has 0 aromatic heterocycles. The Bertz CT molecular complexity index is 284. The van der Waals surface area contributed by atoms with Crippen LogP contribution in [0.4, 0.5) is 0 Å². The second-order valence-corrected chi connectivity index (χ2v) is 3.90. The maximum absolute atomic E-state index is 11.4. The first kappa shape index (κ1) is 12.7. The zero-order valence-corrected chi connectivity index (χ0v) is 9.20. The molecule has 1 amide bonds. The summed E-state index contributed by atoms with van der Waals surface area (Å²) in [7, 11) is 0. The molecule has 16 heavy (non-hydrogen) atoms. The molecule has 1 aliphatic carbocycles. The van der Waals surface area contributed by atoms with E-state index in [-0.39, 0.29) is 5.91 Å². The molecule has 0 saturated heterocycles. The number of hydrogen-bond donors (Lipinski definition) is 2. The molecule has 0 atom stereocenters. The average molecular weight is 227 g/mol. The minimum atomic E-state index is -0.973. The zero-order valence-electron chi connectivity index (χ0n) is 9.20. The van der Waals surface area contributed by atoms with Gasteiger partial charge in [-0.25, -0.2) is 4.79 Å². The van der Waals surface area contributed by atoms with Gasteiger partial charge < -0.3 is 15.2 Å². The minimum Gasteiger partial charge on any atom is -0.480 e. The largest absolute Gasteiger partial charge is 0.480 e. The van der Waals surface area contributed by atoms with Crippen molar-refractivity contribution in [3.8, 4) is 0 Å². The zero-order chi connectivity index (χ0) is 12.0. The average Bonchev–Trinajstić information content (AvgIpc) is 2.98. The monoisotopic (exact) mass is 227 g/mol. The highest BCUT2D eigenvalue weighted by Gasteiger charge is 2.51. The number of carbonyl (C=O) groups excluding carboxylic acids is 1. The molecule has 1 fully saturated rings. The van der Waals surface area contributed by atoms with E-state index in [1.807, 2.05) is 0 Å².